The molecular formula is C18H16FN7O2. The fourth-order valence-corrected chi connectivity index (χ4v) is 2.83. The van der Waals surface area contributed by atoms with Crippen molar-refractivity contribution in [3.63, 3.8) is 0 Å². The molecule has 0 radical (unpaired) electrons. The highest BCUT2D eigenvalue weighted by molar-refractivity contribution is 5.92. The Morgan fingerprint density at radius 1 is 1.21 bits per heavy atom. The Kier molecular flexibility index (Phi) is 4.53. The first-order chi connectivity index (χ1) is 13.6. The van der Waals surface area contributed by atoms with Gasteiger partial charge in [-0.05, 0) is 31.2 Å². The van der Waals surface area contributed by atoms with Crippen LogP contribution >= 0.6 is 0 Å². The normalized spacial score (nSPS) is 11.1. The van der Waals surface area contributed by atoms with Crippen molar-refractivity contribution in [1.29, 1.82) is 0 Å². The molecule has 4 rings (SSSR count). The summed E-state index contributed by atoms with van der Waals surface area (Å²) in [6.07, 6.45) is 2.99. The van der Waals surface area contributed by atoms with E-state index in [1.54, 1.807) is 29.1 Å². The largest absolute Gasteiger partial charge is 0.375 e. The number of hydrogen-bond donors (Lipinski definition) is 1. The van der Waals surface area contributed by atoms with E-state index in [1.165, 1.54) is 30.3 Å². The lowest BCUT2D eigenvalue weighted by Crippen LogP contribution is -2.19. The van der Waals surface area contributed by atoms with Crippen LogP contribution in [0.4, 0.5) is 10.2 Å². The van der Waals surface area contributed by atoms with E-state index in [1.807, 2.05) is 6.92 Å². The highest BCUT2D eigenvalue weighted by Crippen LogP contribution is 2.24. The number of aromatic nitrogens is 6. The maximum absolute atomic E-state index is 13.2. The van der Waals surface area contributed by atoms with E-state index < -0.39 is 0 Å². The number of aryl methyl sites for hydroxylation is 1. The van der Waals surface area contributed by atoms with Gasteiger partial charge in [-0.25, -0.2) is 19.0 Å². The second-order valence-electron chi connectivity index (χ2n) is 6.03. The van der Waals surface area contributed by atoms with Gasteiger partial charge in [-0.2, -0.15) is 14.9 Å². The number of nitrogens with zero attached hydrogens (tertiary/aromatic N) is 6. The van der Waals surface area contributed by atoms with Crippen LogP contribution in [0.1, 0.15) is 5.69 Å². The zero-order valence-corrected chi connectivity index (χ0v) is 15.1. The van der Waals surface area contributed by atoms with E-state index in [-0.39, 0.29) is 18.3 Å². The SMILES string of the molecule is COCC(=O)Nc1cc(C)nn1-c1ncnc2c1cnn2-c1ccc(F)cc1. The molecule has 1 aromatic carbocycles. The van der Waals surface area contributed by atoms with Gasteiger partial charge in [-0.15, -0.1) is 0 Å². The lowest BCUT2D eigenvalue weighted by atomic mass is 10.3. The summed E-state index contributed by atoms with van der Waals surface area (Å²) < 4.78 is 21.2. The van der Waals surface area contributed by atoms with Crippen molar-refractivity contribution in [2.24, 2.45) is 0 Å². The number of ether oxygens (including phenoxy) is 1. The van der Waals surface area contributed by atoms with Gasteiger partial charge in [0.1, 0.15) is 24.6 Å². The topological polar surface area (TPSA) is 99.8 Å². The molecule has 0 saturated carbocycles. The van der Waals surface area contributed by atoms with Gasteiger partial charge >= 0.3 is 0 Å². The molecule has 0 spiro atoms. The van der Waals surface area contributed by atoms with Crippen molar-refractivity contribution < 1.29 is 13.9 Å². The van der Waals surface area contributed by atoms with Crippen LogP contribution in [0.25, 0.3) is 22.5 Å². The van der Waals surface area contributed by atoms with Crippen molar-refractivity contribution in [2.45, 2.75) is 6.92 Å². The summed E-state index contributed by atoms with van der Waals surface area (Å²) in [5, 5.41) is 12.1. The van der Waals surface area contributed by atoms with Gasteiger partial charge in [0.25, 0.3) is 5.91 Å². The first-order valence-electron chi connectivity index (χ1n) is 8.37. The summed E-state index contributed by atoms with van der Waals surface area (Å²) in [7, 11) is 1.44. The first-order valence-corrected chi connectivity index (χ1v) is 8.37. The van der Waals surface area contributed by atoms with Crippen molar-refractivity contribution >= 4 is 22.8 Å². The smallest absolute Gasteiger partial charge is 0.251 e. The summed E-state index contributed by atoms with van der Waals surface area (Å²) in [5.74, 6) is 0.267. The minimum Gasteiger partial charge on any atom is -0.375 e. The lowest BCUT2D eigenvalue weighted by Gasteiger charge is -2.09. The van der Waals surface area contributed by atoms with E-state index in [0.29, 0.717) is 34.1 Å². The van der Waals surface area contributed by atoms with Crippen LogP contribution in [0, 0.1) is 12.7 Å². The molecule has 0 aliphatic rings. The number of fused-ring (bicyclic) bond motifs is 1. The number of benzene rings is 1. The Balaban J connectivity index is 1.81. The Bertz CT molecular complexity index is 1150. The Morgan fingerprint density at radius 2 is 2.00 bits per heavy atom. The van der Waals surface area contributed by atoms with Gasteiger partial charge in [0.05, 0.1) is 23.0 Å². The summed E-state index contributed by atoms with van der Waals surface area (Å²) >= 11 is 0. The highest BCUT2D eigenvalue weighted by Gasteiger charge is 2.17. The van der Waals surface area contributed by atoms with Crippen LogP contribution in [0.3, 0.4) is 0 Å². The lowest BCUT2D eigenvalue weighted by molar-refractivity contribution is -0.119. The number of nitrogens with one attached hydrogen (secondary N) is 1. The molecule has 0 fully saturated rings. The third kappa shape index (κ3) is 3.21. The van der Waals surface area contributed by atoms with E-state index in [2.05, 4.69) is 25.5 Å². The summed E-state index contributed by atoms with van der Waals surface area (Å²) in [5.41, 5.74) is 1.88. The molecular weight excluding hydrogens is 365 g/mol. The molecule has 28 heavy (non-hydrogen) atoms. The van der Waals surface area contributed by atoms with Crippen LogP contribution in [-0.2, 0) is 9.53 Å². The molecule has 0 atom stereocenters. The maximum atomic E-state index is 13.2. The van der Waals surface area contributed by atoms with Crippen molar-refractivity contribution in [3.05, 3.63) is 54.4 Å². The monoisotopic (exact) mass is 381 g/mol. The molecule has 3 aromatic heterocycles. The molecule has 0 aliphatic heterocycles. The number of anilines is 1. The standard InChI is InChI=1S/C18H16FN7O2/c1-11-7-15(23-16(27)9-28-2)26(24-11)18-14-8-22-25(17(14)20-10-21-18)13-5-3-12(19)4-6-13/h3-8,10H,9H2,1-2H3,(H,23,27). The van der Waals surface area contributed by atoms with Gasteiger partial charge in [-0.1, -0.05) is 0 Å². The average molecular weight is 381 g/mol. The minimum absolute atomic E-state index is 0.0775. The van der Waals surface area contributed by atoms with E-state index in [4.69, 9.17) is 4.74 Å². The van der Waals surface area contributed by atoms with Gasteiger partial charge in [-0.3, -0.25) is 4.79 Å². The van der Waals surface area contributed by atoms with Crippen LogP contribution in [0.2, 0.25) is 0 Å². The third-order valence-electron chi connectivity index (χ3n) is 3.99. The van der Waals surface area contributed by atoms with Crippen LogP contribution in [-0.4, -0.2) is 49.2 Å². The minimum atomic E-state index is -0.334. The number of halogens is 1. The van der Waals surface area contributed by atoms with Gasteiger partial charge in [0.15, 0.2) is 11.5 Å². The van der Waals surface area contributed by atoms with Crippen LogP contribution < -0.4 is 5.32 Å². The summed E-state index contributed by atoms with van der Waals surface area (Å²) in [4.78, 5) is 20.5. The van der Waals surface area contributed by atoms with Gasteiger partial charge in [0, 0.05) is 13.2 Å². The summed E-state index contributed by atoms with van der Waals surface area (Å²) in [6.45, 7) is 1.73. The van der Waals surface area contributed by atoms with E-state index in [0.717, 1.165) is 0 Å². The molecule has 0 bridgehead atoms. The zero-order valence-electron chi connectivity index (χ0n) is 15.1. The fourth-order valence-electron chi connectivity index (χ4n) is 2.83. The quantitative estimate of drug-likeness (QED) is 0.568. The third-order valence-corrected chi connectivity index (χ3v) is 3.99. The first kappa shape index (κ1) is 17.7. The van der Waals surface area contributed by atoms with Crippen LogP contribution in [0.5, 0.6) is 0 Å². The maximum Gasteiger partial charge on any atom is 0.251 e. The Morgan fingerprint density at radius 3 is 2.75 bits per heavy atom. The Hall–Kier alpha value is -3.66. The van der Waals surface area contributed by atoms with E-state index in [9.17, 15) is 9.18 Å². The average Bonchev–Trinajstić information content (AvgIpc) is 3.26. The number of carbonyl (C=O) groups is 1. The van der Waals surface area contributed by atoms with Crippen molar-refractivity contribution in [3.8, 4) is 11.5 Å². The van der Waals surface area contributed by atoms with Crippen molar-refractivity contribution in [2.75, 3.05) is 19.0 Å². The molecule has 142 valence electrons. The molecule has 4 aromatic rings. The summed E-state index contributed by atoms with van der Waals surface area (Å²) in [6, 6.07) is 7.65. The number of amides is 1. The fraction of sp³-hybridized carbons (Fsp3) is 0.167. The molecule has 1 N–H and O–H groups in total. The van der Waals surface area contributed by atoms with Crippen LogP contribution in [0.15, 0.2) is 42.9 Å². The molecule has 3 heterocycles. The molecule has 9 nitrogen and oxygen atoms in total. The molecule has 10 heteroatoms. The number of hydrogen-bond acceptors (Lipinski definition) is 6. The molecule has 0 saturated heterocycles. The molecule has 0 unspecified atom stereocenters. The van der Waals surface area contributed by atoms with Gasteiger partial charge in [0.2, 0.25) is 0 Å². The number of carbonyl (C=O) groups excluding carboxylic acids is 1. The predicted molar refractivity (Wildman–Crippen MR) is 99.0 cm³/mol. The number of rotatable bonds is 5. The predicted octanol–water partition coefficient (Wildman–Crippen LogP) is 2.03. The zero-order chi connectivity index (χ0) is 19.7. The number of methoxy groups -OCH3 is 1. The Labute approximate surface area is 158 Å². The second kappa shape index (κ2) is 7.16. The second-order valence-corrected chi connectivity index (χ2v) is 6.03. The van der Waals surface area contributed by atoms with E-state index >= 15 is 0 Å². The molecule has 1 amide bonds. The highest BCUT2D eigenvalue weighted by atomic mass is 19.1. The van der Waals surface area contributed by atoms with Gasteiger partial charge < -0.3 is 10.1 Å². The molecule has 0 aliphatic carbocycles. The van der Waals surface area contributed by atoms with Crippen molar-refractivity contribution in [1.82, 2.24) is 29.5 Å².